The van der Waals surface area contributed by atoms with Crippen molar-refractivity contribution >= 4 is 17.8 Å². The molecule has 0 radical (unpaired) electrons. The van der Waals surface area contributed by atoms with Crippen molar-refractivity contribution in [1.29, 1.82) is 0 Å². The minimum atomic E-state index is -1.08. The Morgan fingerprint density at radius 1 is 0.765 bits per heavy atom. The van der Waals surface area contributed by atoms with E-state index in [4.69, 9.17) is 4.74 Å². The first kappa shape index (κ1) is 35.4. The van der Waals surface area contributed by atoms with E-state index in [1.54, 1.807) is 25.1 Å². The van der Waals surface area contributed by atoms with E-state index in [-0.39, 0.29) is 24.0 Å². The molecule has 1 atom stereocenters. The molecule has 6 rings (SSSR count). The Morgan fingerprint density at radius 2 is 1.39 bits per heavy atom. The summed E-state index contributed by atoms with van der Waals surface area (Å²) in [5, 5.41) is 13.2. The number of amides is 1. The summed E-state index contributed by atoms with van der Waals surface area (Å²) in [4.78, 5) is 45.1. The molecule has 2 aliphatic heterocycles. The Balaban J connectivity index is 1.26. The lowest BCUT2D eigenvalue weighted by molar-refractivity contribution is -0.139. The average Bonchev–Trinajstić information content (AvgIpc) is 3.39. The number of nitrogens with one attached hydrogen (secondary N) is 1. The smallest absolute Gasteiger partial charge is 0.336 e. The number of carbonyl (C=O) groups excluding carboxylic acids is 2. The van der Waals surface area contributed by atoms with Crippen LogP contribution in [0.25, 0.3) is 0 Å². The lowest BCUT2D eigenvalue weighted by Crippen LogP contribution is -2.41. The van der Waals surface area contributed by atoms with Gasteiger partial charge in [0.25, 0.3) is 5.91 Å². The number of carbonyl (C=O) groups is 3. The van der Waals surface area contributed by atoms with Gasteiger partial charge < -0.3 is 20.1 Å². The summed E-state index contributed by atoms with van der Waals surface area (Å²) in [6, 6.07) is 37.2. The number of hydrogen-bond donors (Lipinski definition) is 2. The Labute approximate surface area is 300 Å². The van der Waals surface area contributed by atoms with Crippen LogP contribution in [0.15, 0.2) is 138 Å². The second-order valence-electron chi connectivity index (χ2n) is 13.3. The molecule has 2 aliphatic rings. The second kappa shape index (κ2) is 16.5. The fraction of sp³-hybridized carbons (Fsp3) is 0.279. The highest BCUT2D eigenvalue weighted by molar-refractivity contribution is 6.02. The third-order valence-electron chi connectivity index (χ3n) is 9.85. The number of carboxylic acids is 1. The predicted octanol–water partition coefficient (Wildman–Crippen LogP) is 7.12. The van der Waals surface area contributed by atoms with E-state index in [1.807, 2.05) is 66.4 Å². The molecule has 0 spiro atoms. The summed E-state index contributed by atoms with van der Waals surface area (Å²) in [5.41, 5.74) is 6.08. The van der Waals surface area contributed by atoms with Gasteiger partial charge in [-0.25, -0.2) is 9.59 Å². The summed E-state index contributed by atoms with van der Waals surface area (Å²) in [5.74, 6) is -2.57. The van der Waals surface area contributed by atoms with Crippen molar-refractivity contribution in [1.82, 2.24) is 15.1 Å². The van der Waals surface area contributed by atoms with Crippen molar-refractivity contribution in [2.24, 2.45) is 0 Å². The molecule has 8 nitrogen and oxygen atoms in total. The zero-order valence-electron chi connectivity index (χ0n) is 29.3. The Morgan fingerprint density at radius 3 is 2.04 bits per heavy atom. The van der Waals surface area contributed by atoms with E-state index in [9.17, 15) is 19.5 Å². The molecule has 0 aromatic heterocycles. The van der Waals surface area contributed by atoms with Crippen LogP contribution in [-0.2, 0) is 20.9 Å². The van der Waals surface area contributed by atoms with Crippen LogP contribution >= 0.6 is 0 Å². The van der Waals surface area contributed by atoms with E-state index in [1.165, 1.54) is 11.6 Å². The molecule has 1 saturated heterocycles. The van der Waals surface area contributed by atoms with Gasteiger partial charge in [-0.05, 0) is 61.1 Å². The highest BCUT2D eigenvalue weighted by atomic mass is 16.5. The highest BCUT2D eigenvalue weighted by Gasteiger charge is 2.39. The van der Waals surface area contributed by atoms with Crippen molar-refractivity contribution in [2.75, 3.05) is 32.8 Å². The average molecular weight is 684 g/mol. The first-order chi connectivity index (χ1) is 24.8. The fourth-order valence-corrected chi connectivity index (χ4v) is 7.32. The third-order valence-corrected chi connectivity index (χ3v) is 9.85. The topological polar surface area (TPSA) is 99.2 Å². The number of nitrogens with zero attached hydrogens (tertiary/aromatic N) is 2. The van der Waals surface area contributed by atoms with Gasteiger partial charge in [0.05, 0.1) is 23.7 Å². The number of rotatable bonds is 11. The molecular formula is C43H45N3O5. The molecule has 1 amide bonds. The standard InChI is InChI=1S/C43H45N3O5/c1-30-38(41(47)46-24-13-23-45(25-26-46)29-32-14-6-3-7-15-32)40(35-20-12-21-36(28-35)42(48)49)39(31(2)44-30)43(50)51-27-22-37(33-16-8-4-9-17-33)34-18-10-5-11-19-34/h3-12,14-21,28,37,40,44H,13,22-27,29H2,1-2H3,(H,48,49). The molecule has 1 fully saturated rings. The monoisotopic (exact) mass is 683 g/mol. The van der Waals surface area contributed by atoms with Crippen LogP contribution in [-0.4, -0.2) is 65.5 Å². The zero-order chi connectivity index (χ0) is 35.7. The van der Waals surface area contributed by atoms with E-state index in [0.29, 0.717) is 54.2 Å². The normalized spacial score (nSPS) is 16.8. The molecule has 8 heteroatoms. The van der Waals surface area contributed by atoms with Gasteiger partial charge in [-0.1, -0.05) is 103 Å². The van der Waals surface area contributed by atoms with Crippen molar-refractivity contribution in [2.45, 2.75) is 45.1 Å². The van der Waals surface area contributed by atoms with Gasteiger partial charge in [0.1, 0.15) is 0 Å². The van der Waals surface area contributed by atoms with Gasteiger partial charge in [0, 0.05) is 55.6 Å². The molecule has 0 aliphatic carbocycles. The number of benzene rings is 4. The van der Waals surface area contributed by atoms with E-state index in [0.717, 1.165) is 30.6 Å². The predicted molar refractivity (Wildman–Crippen MR) is 198 cm³/mol. The summed E-state index contributed by atoms with van der Waals surface area (Å²) in [6.07, 6.45) is 1.37. The molecule has 0 bridgehead atoms. The summed E-state index contributed by atoms with van der Waals surface area (Å²) in [6.45, 7) is 7.30. The van der Waals surface area contributed by atoms with Crippen LogP contribution in [0.5, 0.6) is 0 Å². The molecule has 51 heavy (non-hydrogen) atoms. The van der Waals surface area contributed by atoms with Gasteiger partial charge in [0.2, 0.25) is 0 Å². The molecule has 1 unspecified atom stereocenters. The van der Waals surface area contributed by atoms with Crippen molar-refractivity contribution < 1.29 is 24.2 Å². The summed E-state index contributed by atoms with van der Waals surface area (Å²) in [7, 11) is 0. The summed E-state index contributed by atoms with van der Waals surface area (Å²) < 4.78 is 6.05. The molecular weight excluding hydrogens is 638 g/mol. The van der Waals surface area contributed by atoms with Crippen LogP contribution in [0.2, 0.25) is 0 Å². The molecule has 2 N–H and O–H groups in total. The minimum Gasteiger partial charge on any atom is -0.478 e. The van der Waals surface area contributed by atoms with E-state index < -0.39 is 17.9 Å². The van der Waals surface area contributed by atoms with Crippen LogP contribution in [0, 0.1) is 0 Å². The maximum absolute atomic E-state index is 14.6. The number of allylic oxidation sites excluding steroid dienone is 2. The Bertz CT molecular complexity index is 1870. The van der Waals surface area contributed by atoms with Crippen molar-refractivity contribution in [3.8, 4) is 0 Å². The lowest BCUT2D eigenvalue weighted by Gasteiger charge is -2.34. The number of dihydropyridines is 1. The number of carboxylic acid groups (broad SMARTS) is 1. The third kappa shape index (κ3) is 8.47. The number of ether oxygens (including phenoxy) is 1. The van der Waals surface area contributed by atoms with Crippen molar-refractivity contribution in [3.63, 3.8) is 0 Å². The molecule has 4 aromatic carbocycles. The fourth-order valence-electron chi connectivity index (χ4n) is 7.32. The quantitative estimate of drug-likeness (QED) is 0.163. The van der Waals surface area contributed by atoms with E-state index >= 15 is 0 Å². The maximum atomic E-state index is 14.6. The Hall–Kier alpha value is -5.47. The lowest BCUT2D eigenvalue weighted by atomic mass is 9.79. The molecule has 0 saturated carbocycles. The van der Waals surface area contributed by atoms with Gasteiger partial charge >= 0.3 is 11.9 Å². The van der Waals surface area contributed by atoms with Gasteiger partial charge in [-0.2, -0.15) is 0 Å². The minimum absolute atomic E-state index is 0.0200. The van der Waals surface area contributed by atoms with Gasteiger partial charge in [0.15, 0.2) is 0 Å². The first-order valence-electron chi connectivity index (χ1n) is 17.6. The molecule has 4 aromatic rings. The number of esters is 1. The summed E-state index contributed by atoms with van der Waals surface area (Å²) >= 11 is 0. The van der Waals surface area contributed by atoms with E-state index in [2.05, 4.69) is 46.6 Å². The largest absolute Gasteiger partial charge is 0.478 e. The van der Waals surface area contributed by atoms with Crippen molar-refractivity contribution in [3.05, 3.63) is 166 Å². The van der Waals surface area contributed by atoms with Crippen LogP contribution < -0.4 is 5.32 Å². The number of hydrogen-bond acceptors (Lipinski definition) is 6. The molecule has 262 valence electrons. The Kier molecular flexibility index (Phi) is 11.4. The van der Waals surface area contributed by atoms with Gasteiger partial charge in [-0.3, -0.25) is 9.69 Å². The van der Waals surface area contributed by atoms with Gasteiger partial charge in [-0.15, -0.1) is 0 Å². The molecule has 2 heterocycles. The maximum Gasteiger partial charge on any atom is 0.336 e. The highest BCUT2D eigenvalue weighted by Crippen LogP contribution is 2.40. The second-order valence-corrected chi connectivity index (χ2v) is 13.3. The SMILES string of the molecule is CC1=C(C(=O)OCCC(c2ccccc2)c2ccccc2)C(c2cccc(C(=O)O)c2)C(C(=O)N2CCCN(Cc3ccccc3)CC2)=C(C)N1. The van der Waals surface area contributed by atoms with Crippen LogP contribution in [0.1, 0.15) is 71.1 Å². The first-order valence-corrected chi connectivity index (χ1v) is 17.6. The zero-order valence-corrected chi connectivity index (χ0v) is 29.3. The van der Waals surface area contributed by atoms with Crippen LogP contribution in [0.3, 0.4) is 0 Å². The number of aromatic carboxylic acids is 1. The van der Waals surface area contributed by atoms with Crippen LogP contribution in [0.4, 0.5) is 0 Å².